The highest BCUT2D eigenvalue weighted by molar-refractivity contribution is 6.17. The van der Waals surface area contributed by atoms with E-state index < -0.39 is 0 Å². The van der Waals surface area contributed by atoms with Gasteiger partial charge in [-0.15, -0.1) is 0 Å². The first-order valence-corrected chi connectivity index (χ1v) is 10.8. The number of nitrogens with zero attached hydrogens (tertiary/aromatic N) is 3. The lowest BCUT2D eigenvalue weighted by molar-refractivity contribution is 0.0664. The van der Waals surface area contributed by atoms with Gasteiger partial charge in [-0.2, -0.15) is 0 Å². The maximum absolute atomic E-state index is 13.7. The van der Waals surface area contributed by atoms with Gasteiger partial charge < -0.3 is 18.9 Å². The summed E-state index contributed by atoms with van der Waals surface area (Å²) in [6, 6.07) is 18.7. The van der Waals surface area contributed by atoms with Crippen LogP contribution in [0.3, 0.4) is 0 Å². The molecule has 2 aromatic heterocycles. The number of ketones is 1. The SMILES string of the molecule is COc1cccc(C(=O)c2cc(C(=O)N3CCN(C)CC3)cc3ccc4cccn4c23)c1. The molecule has 5 rings (SSSR count). The van der Waals surface area contributed by atoms with Crippen molar-refractivity contribution in [3.63, 3.8) is 0 Å². The predicted octanol–water partition coefficient (Wildman–Crippen LogP) is 3.72. The van der Waals surface area contributed by atoms with Gasteiger partial charge in [-0.25, -0.2) is 0 Å². The summed E-state index contributed by atoms with van der Waals surface area (Å²) < 4.78 is 7.32. The largest absolute Gasteiger partial charge is 0.497 e. The highest BCUT2D eigenvalue weighted by Crippen LogP contribution is 2.27. The molecule has 0 aliphatic carbocycles. The fraction of sp³-hybridized carbons (Fsp3) is 0.231. The van der Waals surface area contributed by atoms with Gasteiger partial charge in [-0.1, -0.05) is 18.2 Å². The molecule has 162 valence electrons. The zero-order chi connectivity index (χ0) is 22.2. The summed E-state index contributed by atoms with van der Waals surface area (Å²) >= 11 is 0. The second-order valence-corrected chi connectivity index (χ2v) is 8.25. The number of methoxy groups -OCH3 is 1. The van der Waals surface area contributed by atoms with E-state index in [0.717, 1.165) is 29.5 Å². The molecule has 32 heavy (non-hydrogen) atoms. The van der Waals surface area contributed by atoms with Crippen LogP contribution in [0, 0.1) is 0 Å². The molecular formula is C26H25N3O3. The Morgan fingerprint density at radius 2 is 1.69 bits per heavy atom. The number of carbonyl (C=O) groups is 2. The first kappa shape index (κ1) is 20.3. The van der Waals surface area contributed by atoms with Gasteiger partial charge in [0.25, 0.3) is 5.91 Å². The molecule has 0 saturated carbocycles. The van der Waals surface area contributed by atoms with Crippen LogP contribution in [-0.2, 0) is 0 Å². The van der Waals surface area contributed by atoms with E-state index in [1.54, 1.807) is 31.4 Å². The topological polar surface area (TPSA) is 54.3 Å². The van der Waals surface area contributed by atoms with Crippen LogP contribution >= 0.6 is 0 Å². The Morgan fingerprint density at radius 3 is 2.47 bits per heavy atom. The standard InChI is InChI=1S/C26H25N3O3/c1-27-11-13-28(14-12-27)26(31)20-15-18-8-9-21-6-4-10-29(21)24(18)23(17-20)25(30)19-5-3-7-22(16-19)32-2/h3-10,15-17H,11-14H2,1-2H3. The molecule has 6 nitrogen and oxygen atoms in total. The lowest BCUT2D eigenvalue weighted by Crippen LogP contribution is -2.47. The first-order valence-electron chi connectivity index (χ1n) is 10.8. The molecule has 2 aromatic carbocycles. The Bertz CT molecular complexity index is 1330. The number of aromatic nitrogens is 1. The highest BCUT2D eigenvalue weighted by atomic mass is 16.5. The molecule has 0 bridgehead atoms. The summed E-state index contributed by atoms with van der Waals surface area (Å²) in [7, 11) is 3.64. The summed E-state index contributed by atoms with van der Waals surface area (Å²) in [5.74, 6) is 0.450. The maximum atomic E-state index is 13.7. The number of carbonyl (C=O) groups excluding carboxylic acids is 2. The molecular weight excluding hydrogens is 402 g/mol. The maximum Gasteiger partial charge on any atom is 0.253 e. The Morgan fingerprint density at radius 1 is 0.875 bits per heavy atom. The number of benzene rings is 2. The number of hydrogen-bond acceptors (Lipinski definition) is 4. The average molecular weight is 428 g/mol. The minimum atomic E-state index is -0.136. The highest BCUT2D eigenvalue weighted by Gasteiger charge is 2.24. The third-order valence-corrected chi connectivity index (χ3v) is 6.21. The van der Waals surface area contributed by atoms with Gasteiger partial charge >= 0.3 is 0 Å². The number of likely N-dealkylation sites (N-methyl/N-ethyl adjacent to an activating group) is 1. The summed E-state index contributed by atoms with van der Waals surface area (Å²) in [6.07, 6.45) is 1.95. The van der Waals surface area contributed by atoms with Crippen LogP contribution in [0.4, 0.5) is 0 Å². The number of rotatable bonds is 4. The molecule has 1 saturated heterocycles. The molecule has 1 aliphatic heterocycles. The fourth-order valence-corrected chi connectivity index (χ4v) is 4.37. The van der Waals surface area contributed by atoms with E-state index in [4.69, 9.17) is 4.74 Å². The van der Waals surface area contributed by atoms with Crippen LogP contribution in [0.15, 0.2) is 66.9 Å². The predicted molar refractivity (Wildman–Crippen MR) is 125 cm³/mol. The van der Waals surface area contributed by atoms with E-state index in [2.05, 4.69) is 11.9 Å². The molecule has 3 heterocycles. The third kappa shape index (κ3) is 3.52. The summed E-state index contributed by atoms with van der Waals surface area (Å²) in [5.41, 5.74) is 3.37. The Kier molecular flexibility index (Phi) is 5.15. The number of ether oxygens (including phenoxy) is 1. The van der Waals surface area contributed by atoms with Crippen LogP contribution in [0.2, 0.25) is 0 Å². The Balaban J connectivity index is 1.67. The zero-order valence-electron chi connectivity index (χ0n) is 18.2. The molecule has 6 heteroatoms. The number of amides is 1. The van der Waals surface area contributed by atoms with Gasteiger partial charge in [0, 0.05) is 60.0 Å². The Labute approximate surface area is 186 Å². The number of piperazine rings is 1. The smallest absolute Gasteiger partial charge is 0.253 e. The molecule has 0 N–H and O–H groups in total. The van der Waals surface area contributed by atoms with Crippen molar-refractivity contribution in [1.29, 1.82) is 0 Å². The second-order valence-electron chi connectivity index (χ2n) is 8.25. The van der Waals surface area contributed by atoms with Crippen molar-refractivity contribution in [1.82, 2.24) is 14.2 Å². The minimum Gasteiger partial charge on any atom is -0.497 e. The summed E-state index contributed by atoms with van der Waals surface area (Å²) in [5, 5.41) is 0.861. The first-order chi connectivity index (χ1) is 15.5. The van der Waals surface area contributed by atoms with E-state index in [9.17, 15) is 9.59 Å². The molecule has 1 fully saturated rings. The van der Waals surface area contributed by atoms with Crippen molar-refractivity contribution < 1.29 is 14.3 Å². The Hall–Kier alpha value is -3.64. The van der Waals surface area contributed by atoms with Gasteiger partial charge in [0.1, 0.15) is 5.75 Å². The van der Waals surface area contributed by atoms with Crippen LogP contribution < -0.4 is 4.74 Å². The van der Waals surface area contributed by atoms with E-state index in [-0.39, 0.29) is 11.7 Å². The third-order valence-electron chi connectivity index (χ3n) is 6.21. The van der Waals surface area contributed by atoms with E-state index in [0.29, 0.717) is 35.5 Å². The van der Waals surface area contributed by atoms with Crippen LogP contribution in [0.25, 0.3) is 16.4 Å². The molecule has 1 amide bonds. The van der Waals surface area contributed by atoms with Gasteiger partial charge in [0.15, 0.2) is 5.78 Å². The lowest BCUT2D eigenvalue weighted by atomic mass is 9.96. The monoisotopic (exact) mass is 427 g/mol. The van der Waals surface area contributed by atoms with Crippen molar-refractivity contribution in [3.05, 3.63) is 83.6 Å². The van der Waals surface area contributed by atoms with Crippen molar-refractivity contribution >= 4 is 28.1 Å². The van der Waals surface area contributed by atoms with Crippen molar-refractivity contribution in [2.75, 3.05) is 40.3 Å². The van der Waals surface area contributed by atoms with Crippen LogP contribution in [-0.4, -0.2) is 66.2 Å². The molecule has 1 aliphatic rings. The van der Waals surface area contributed by atoms with Gasteiger partial charge in [-0.3, -0.25) is 9.59 Å². The van der Waals surface area contributed by atoms with Crippen molar-refractivity contribution in [3.8, 4) is 5.75 Å². The van der Waals surface area contributed by atoms with Crippen LogP contribution in [0.1, 0.15) is 26.3 Å². The van der Waals surface area contributed by atoms with Crippen molar-refractivity contribution in [2.24, 2.45) is 0 Å². The fourth-order valence-electron chi connectivity index (χ4n) is 4.37. The molecule has 0 radical (unpaired) electrons. The van der Waals surface area contributed by atoms with Crippen LogP contribution in [0.5, 0.6) is 5.75 Å². The van der Waals surface area contributed by atoms with E-state index in [1.807, 2.05) is 51.9 Å². The summed E-state index contributed by atoms with van der Waals surface area (Å²) in [4.78, 5) is 31.1. The number of pyridine rings is 1. The molecule has 0 unspecified atom stereocenters. The molecule has 0 atom stereocenters. The molecule has 4 aromatic rings. The lowest BCUT2D eigenvalue weighted by Gasteiger charge is -2.32. The van der Waals surface area contributed by atoms with Gasteiger partial charge in [-0.05, 0) is 49.5 Å². The van der Waals surface area contributed by atoms with Gasteiger partial charge in [0.2, 0.25) is 0 Å². The quantitative estimate of drug-likeness (QED) is 0.466. The van der Waals surface area contributed by atoms with E-state index >= 15 is 0 Å². The summed E-state index contributed by atoms with van der Waals surface area (Å²) in [6.45, 7) is 3.06. The average Bonchev–Trinajstić information content (AvgIpc) is 3.32. The second kappa shape index (κ2) is 8.13. The van der Waals surface area contributed by atoms with Gasteiger partial charge in [0.05, 0.1) is 12.6 Å². The number of hydrogen-bond donors (Lipinski definition) is 0. The molecule has 0 spiro atoms. The minimum absolute atomic E-state index is 0.0349. The van der Waals surface area contributed by atoms with Crippen molar-refractivity contribution in [2.45, 2.75) is 0 Å². The van der Waals surface area contributed by atoms with E-state index in [1.165, 1.54) is 0 Å². The number of fused-ring (bicyclic) bond motifs is 3. The zero-order valence-corrected chi connectivity index (χ0v) is 18.2. The normalized spacial score (nSPS) is 14.8.